The maximum Gasteiger partial charge on any atom is 0.573 e. The number of anilines is 1. The zero-order chi connectivity index (χ0) is 20.3. The van der Waals surface area contributed by atoms with E-state index in [1.54, 1.807) is 4.90 Å². The van der Waals surface area contributed by atoms with E-state index in [1.807, 2.05) is 31.2 Å². The van der Waals surface area contributed by atoms with Crippen LogP contribution in [0.4, 0.5) is 18.9 Å². The Morgan fingerprint density at radius 3 is 2.39 bits per heavy atom. The van der Waals surface area contributed by atoms with Gasteiger partial charge in [0.05, 0.1) is 5.92 Å². The van der Waals surface area contributed by atoms with Crippen LogP contribution in [-0.2, 0) is 16.1 Å². The van der Waals surface area contributed by atoms with Crippen molar-refractivity contribution in [1.82, 2.24) is 4.90 Å². The third-order valence-corrected chi connectivity index (χ3v) is 4.43. The first-order valence-corrected chi connectivity index (χ1v) is 8.69. The number of hydrogen-bond donors (Lipinski definition) is 1. The molecule has 148 valence electrons. The number of nitrogens with zero attached hydrogens (tertiary/aromatic N) is 1. The molecule has 1 heterocycles. The molecule has 1 aliphatic heterocycles. The molecule has 0 unspecified atom stereocenters. The number of benzene rings is 2. The van der Waals surface area contributed by atoms with Crippen LogP contribution < -0.4 is 10.1 Å². The molecule has 2 aromatic rings. The fourth-order valence-electron chi connectivity index (χ4n) is 3.00. The summed E-state index contributed by atoms with van der Waals surface area (Å²) in [6, 6.07) is 12.7. The highest BCUT2D eigenvalue weighted by atomic mass is 19.4. The molecule has 1 N–H and O–H groups in total. The van der Waals surface area contributed by atoms with Crippen molar-refractivity contribution in [2.75, 3.05) is 11.9 Å². The molecule has 0 aromatic heterocycles. The van der Waals surface area contributed by atoms with Gasteiger partial charge in [-0.25, -0.2) is 0 Å². The Kier molecular flexibility index (Phi) is 5.58. The molecule has 3 rings (SSSR count). The minimum Gasteiger partial charge on any atom is -0.406 e. The maximum atomic E-state index is 12.4. The molecule has 0 bridgehead atoms. The summed E-state index contributed by atoms with van der Waals surface area (Å²) in [4.78, 5) is 26.3. The van der Waals surface area contributed by atoms with Gasteiger partial charge in [-0.3, -0.25) is 9.59 Å². The van der Waals surface area contributed by atoms with Crippen LogP contribution in [0.1, 0.15) is 17.5 Å². The fraction of sp³-hybridized carbons (Fsp3) is 0.300. The number of nitrogens with one attached hydrogen (secondary N) is 1. The van der Waals surface area contributed by atoms with Crippen LogP contribution in [0.15, 0.2) is 48.5 Å². The van der Waals surface area contributed by atoms with Crippen LogP contribution in [0.5, 0.6) is 5.75 Å². The highest BCUT2D eigenvalue weighted by Crippen LogP contribution is 2.25. The Hall–Kier alpha value is -3.03. The number of hydrogen-bond acceptors (Lipinski definition) is 3. The van der Waals surface area contributed by atoms with Crippen molar-refractivity contribution in [3.63, 3.8) is 0 Å². The predicted octanol–water partition coefficient (Wildman–Crippen LogP) is 3.88. The van der Waals surface area contributed by atoms with Gasteiger partial charge in [0.15, 0.2) is 0 Å². The zero-order valence-electron chi connectivity index (χ0n) is 15.1. The van der Waals surface area contributed by atoms with Gasteiger partial charge in [-0.05, 0) is 36.8 Å². The molecule has 8 heteroatoms. The summed E-state index contributed by atoms with van der Waals surface area (Å²) in [6.07, 6.45) is -4.66. The van der Waals surface area contributed by atoms with E-state index in [1.165, 1.54) is 12.1 Å². The van der Waals surface area contributed by atoms with Crippen LogP contribution in [0.2, 0.25) is 0 Å². The second-order valence-corrected chi connectivity index (χ2v) is 6.72. The van der Waals surface area contributed by atoms with Gasteiger partial charge in [-0.15, -0.1) is 13.2 Å². The summed E-state index contributed by atoms with van der Waals surface area (Å²) in [5.41, 5.74) is 2.45. The molecule has 0 saturated carbocycles. The van der Waals surface area contributed by atoms with Crippen molar-refractivity contribution in [3.05, 3.63) is 59.7 Å². The van der Waals surface area contributed by atoms with Crippen molar-refractivity contribution in [3.8, 4) is 5.75 Å². The van der Waals surface area contributed by atoms with Crippen LogP contribution in [0.3, 0.4) is 0 Å². The van der Waals surface area contributed by atoms with E-state index >= 15 is 0 Å². The number of rotatable bonds is 5. The highest BCUT2D eigenvalue weighted by Gasteiger charge is 2.34. The lowest BCUT2D eigenvalue weighted by Gasteiger charge is -2.17. The van der Waals surface area contributed by atoms with Gasteiger partial charge < -0.3 is 15.0 Å². The van der Waals surface area contributed by atoms with Gasteiger partial charge in [0, 0.05) is 25.2 Å². The Labute approximate surface area is 160 Å². The van der Waals surface area contributed by atoms with E-state index in [-0.39, 0.29) is 24.0 Å². The average Bonchev–Trinajstić information content (AvgIpc) is 2.98. The Bertz CT molecular complexity index is 848. The number of halogens is 3. The molecule has 5 nitrogen and oxygen atoms in total. The normalized spacial score (nSPS) is 16.9. The zero-order valence-corrected chi connectivity index (χ0v) is 15.1. The molecule has 2 aromatic carbocycles. The molecule has 1 fully saturated rings. The van der Waals surface area contributed by atoms with E-state index < -0.39 is 12.3 Å². The van der Waals surface area contributed by atoms with Crippen molar-refractivity contribution in [1.29, 1.82) is 0 Å². The van der Waals surface area contributed by atoms with Gasteiger partial charge >= 0.3 is 6.36 Å². The summed E-state index contributed by atoms with van der Waals surface area (Å²) in [5.74, 6) is -1.33. The third-order valence-electron chi connectivity index (χ3n) is 4.43. The summed E-state index contributed by atoms with van der Waals surface area (Å²) in [7, 11) is 0. The minimum atomic E-state index is -4.77. The molecular formula is C20H19F3N2O3. The topological polar surface area (TPSA) is 58.6 Å². The Morgan fingerprint density at radius 2 is 1.79 bits per heavy atom. The Morgan fingerprint density at radius 1 is 1.14 bits per heavy atom. The number of aryl methyl sites for hydroxylation is 1. The lowest BCUT2D eigenvalue weighted by Crippen LogP contribution is -2.28. The first-order chi connectivity index (χ1) is 13.2. The second-order valence-electron chi connectivity index (χ2n) is 6.72. The average molecular weight is 392 g/mol. The summed E-state index contributed by atoms with van der Waals surface area (Å²) >= 11 is 0. The number of carbonyl (C=O) groups is 2. The van der Waals surface area contributed by atoms with Gasteiger partial charge in [-0.1, -0.05) is 29.8 Å². The van der Waals surface area contributed by atoms with E-state index in [9.17, 15) is 22.8 Å². The molecule has 2 amide bonds. The highest BCUT2D eigenvalue weighted by molar-refractivity contribution is 5.97. The van der Waals surface area contributed by atoms with E-state index in [2.05, 4.69) is 10.1 Å². The van der Waals surface area contributed by atoms with Crippen LogP contribution in [0, 0.1) is 12.8 Å². The standard InChI is InChI=1S/C20H19F3N2O3/c1-13-2-4-14(5-3-13)11-25-12-15(10-18(25)26)19(27)24-16-6-8-17(9-7-16)28-20(21,22)23/h2-9,15H,10-12H2,1H3,(H,24,27)/t15-/m1/s1. The maximum absolute atomic E-state index is 12.4. The Balaban J connectivity index is 1.56. The SMILES string of the molecule is Cc1ccc(CN2C[C@H](C(=O)Nc3ccc(OC(F)(F)F)cc3)CC2=O)cc1. The van der Waals surface area contributed by atoms with Crippen molar-refractivity contribution >= 4 is 17.5 Å². The quantitative estimate of drug-likeness (QED) is 0.840. The molecule has 1 saturated heterocycles. The molecule has 1 atom stereocenters. The van der Waals surface area contributed by atoms with Crippen molar-refractivity contribution in [2.45, 2.75) is 26.3 Å². The third kappa shape index (κ3) is 5.25. The largest absolute Gasteiger partial charge is 0.573 e. The molecule has 0 radical (unpaired) electrons. The minimum absolute atomic E-state index is 0.102. The lowest BCUT2D eigenvalue weighted by atomic mass is 10.1. The number of carbonyl (C=O) groups excluding carboxylic acids is 2. The molecule has 28 heavy (non-hydrogen) atoms. The summed E-state index contributed by atoms with van der Waals surface area (Å²) < 4.78 is 40.3. The molecule has 0 aliphatic carbocycles. The molecular weight excluding hydrogens is 373 g/mol. The van der Waals surface area contributed by atoms with E-state index in [0.29, 0.717) is 18.8 Å². The predicted molar refractivity (Wildman–Crippen MR) is 96.5 cm³/mol. The number of alkyl halides is 3. The monoisotopic (exact) mass is 392 g/mol. The summed E-state index contributed by atoms with van der Waals surface area (Å²) in [5, 5.41) is 2.63. The van der Waals surface area contributed by atoms with Gasteiger partial charge in [0.2, 0.25) is 11.8 Å². The van der Waals surface area contributed by atoms with E-state index in [0.717, 1.165) is 23.3 Å². The van der Waals surface area contributed by atoms with Gasteiger partial charge in [0.1, 0.15) is 5.75 Å². The van der Waals surface area contributed by atoms with Gasteiger partial charge in [0.25, 0.3) is 0 Å². The van der Waals surface area contributed by atoms with Crippen molar-refractivity contribution < 1.29 is 27.5 Å². The van der Waals surface area contributed by atoms with Crippen LogP contribution in [-0.4, -0.2) is 29.6 Å². The molecule has 1 aliphatic rings. The van der Waals surface area contributed by atoms with E-state index in [4.69, 9.17) is 0 Å². The first-order valence-electron chi connectivity index (χ1n) is 8.69. The number of amides is 2. The molecule has 0 spiro atoms. The number of likely N-dealkylation sites (tertiary alicyclic amines) is 1. The number of ether oxygens (including phenoxy) is 1. The second kappa shape index (κ2) is 7.92. The van der Waals surface area contributed by atoms with Crippen LogP contribution in [0.25, 0.3) is 0 Å². The first kappa shape index (κ1) is 19.7. The fourth-order valence-corrected chi connectivity index (χ4v) is 3.00. The summed E-state index contributed by atoms with van der Waals surface area (Å²) in [6.45, 7) is 2.72. The lowest BCUT2D eigenvalue weighted by molar-refractivity contribution is -0.274. The van der Waals surface area contributed by atoms with Gasteiger partial charge in [-0.2, -0.15) is 0 Å². The van der Waals surface area contributed by atoms with Crippen molar-refractivity contribution in [2.24, 2.45) is 5.92 Å². The smallest absolute Gasteiger partial charge is 0.406 e. The van der Waals surface area contributed by atoms with Crippen LogP contribution >= 0.6 is 0 Å².